The minimum atomic E-state index is -4.39. The number of alkyl halides is 3. The highest BCUT2D eigenvalue weighted by atomic mass is 19.4. The lowest BCUT2D eigenvalue weighted by atomic mass is 9.53. The van der Waals surface area contributed by atoms with Gasteiger partial charge in [-0.05, 0) is 39.3 Å². The number of rotatable bonds is 2. The van der Waals surface area contributed by atoms with Gasteiger partial charge in [0.1, 0.15) is 5.82 Å². The average Bonchev–Trinajstić information content (AvgIpc) is 2.87. The van der Waals surface area contributed by atoms with Gasteiger partial charge in [-0.1, -0.05) is 47.8 Å². The van der Waals surface area contributed by atoms with Crippen LogP contribution >= 0.6 is 0 Å². The molecule has 0 atom stereocenters. The second-order valence-corrected chi connectivity index (χ2v) is 8.61. The van der Waals surface area contributed by atoms with Crippen molar-refractivity contribution in [2.75, 3.05) is 5.23 Å². The molecule has 2 aromatic carbocycles. The zero-order valence-corrected chi connectivity index (χ0v) is 17.1. The van der Waals surface area contributed by atoms with Crippen molar-refractivity contribution in [1.29, 1.82) is 0 Å². The normalized spacial score (nSPS) is 19.6. The molecule has 4 rings (SSSR count). The zero-order chi connectivity index (χ0) is 21.9. The Balaban J connectivity index is 1.68. The molecule has 0 aromatic heterocycles. The highest BCUT2D eigenvalue weighted by Crippen LogP contribution is 2.38. The molecular weight excluding hydrogens is 396 g/mol. The van der Waals surface area contributed by atoms with Crippen LogP contribution in [0.2, 0.25) is 0 Å². The summed E-state index contributed by atoms with van der Waals surface area (Å²) in [7, 11) is -0.905. The summed E-state index contributed by atoms with van der Waals surface area (Å²) in [4.78, 5) is 0. The second kappa shape index (κ2) is 6.89. The van der Waals surface area contributed by atoms with E-state index in [2.05, 4.69) is 5.23 Å². The van der Waals surface area contributed by atoms with E-state index in [1.54, 1.807) is 6.07 Å². The van der Waals surface area contributed by atoms with E-state index in [4.69, 9.17) is 9.31 Å². The van der Waals surface area contributed by atoms with E-state index in [1.807, 2.05) is 39.7 Å². The van der Waals surface area contributed by atoms with E-state index >= 15 is 0 Å². The van der Waals surface area contributed by atoms with Crippen LogP contribution in [0, 0.1) is 5.82 Å². The molecule has 0 aliphatic carbocycles. The molecule has 2 aliphatic heterocycles. The predicted octanol–water partition coefficient (Wildman–Crippen LogP) is 4.02. The van der Waals surface area contributed by atoms with E-state index in [0.29, 0.717) is 11.2 Å². The Bertz CT molecular complexity index is 987. The first-order chi connectivity index (χ1) is 13.9. The number of hydrogen-bond acceptors (Lipinski definition) is 3. The minimum absolute atomic E-state index is 0.257. The summed E-state index contributed by atoms with van der Waals surface area (Å²) < 4.78 is 65.5. The van der Waals surface area contributed by atoms with E-state index in [9.17, 15) is 17.6 Å². The third-order valence-electron chi connectivity index (χ3n) is 6.08. The lowest BCUT2D eigenvalue weighted by Gasteiger charge is -2.32. The quantitative estimate of drug-likeness (QED) is 0.592. The number of halogens is 4. The highest BCUT2D eigenvalue weighted by molar-refractivity contribution is 6.82. The van der Waals surface area contributed by atoms with Crippen molar-refractivity contribution < 1.29 is 26.9 Å². The smallest absolute Gasteiger partial charge is 0.420 e. The van der Waals surface area contributed by atoms with Crippen LogP contribution in [0.25, 0.3) is 6.08 Å². The molecule has 0 saturated carbocycles. The second-order valence-electron chi connectivity index (χ2n) is 8.61. The molecule has 0 spiro atoms. The maximum Gasteiger partial charge on any atom is 0.499 e. The molecule has 1 N–H and O–H groups in total. The molecule has 9 heteroatoms. The number of hydrogen-bond donors (Lipinski definition) is 1. The van der Waals surface area contributed by atoms with Gasteiger partial charge in [-0.15, -0.1) is 0 Å². The van der Waals surface area contributed by atoms with Crippen molar-refractivity contribution in [2.24, 2.45) is 0 Å². The topological polar surface area (TPSA) is 30.5 Å². The first kappa shape index (κ1) is 21.0. The number of fused-ring (bicyclic) bond motifs is 1. The summed E-state index contributed by atoms with van der Waals surface area (Å²) in [5.74, 6) is 1.36. The zero-order valence-electron chi connectivity index (χ0n) is 17.1. The summed E-state index contributed by atoms with van der Waals surface area (Å²) in [5, 5.41) is 3.24. The van der Waals surface area contributed by atoms with Crippen molar-refractivity contribution in [1.82, 2.24) is 0 Å². The molecule has 1 saturated heterocycles. The van der Waals surface area contributed by atoms with Gasteiger partial charge in [0.25, 0.3) is 0 Å². The maximum absolute atomic E-state index is 14.9. The van der Waals surface area contributed by atoms with E-state index < -0.39 is 42.7 Å². The van der Waals surface area contributed by atoms with Crippen LogP contribution in [0.15, 0.2) is 42.4 Å². The van der Waals surface area contributed by atoms with Crippen LogP contribution in [0.3, 0.4) is 0 Å². The fraction of sp³-hybridized carbons (Fsp3) is 0.333. The lowest BCUT2D eigenvalue weighted by molar-refractivity contribution is -0.137. The van der Waals surface area contributed by atoms with E-state index in [0.717, 1.165) is 17.7 Å². The Morgan fingerprint density at radius 1 is 0.900 bits per heavy atom. The Kier molecular flexibility index (Phi) is 4.82. The standard InChI is InChI=1S/C21H21B2F4NO2/c1-19(2)20(3,4)30-23(29-19)17-16(24)10-5-13-11-12-22(28-18(13)17)15-8-6-14(7-9-15)21(25,26)27/h5-12,28H,1-4H3. The molecule has 30 heavy (non-hydrogen) atoms. The average molecular weight is 417 g/mol. The van der Waals surface area contributed by atoms with E-state index in [1.165, 1.54) is 18.2 Å². The summed E-state index contributed by atoms with van der Waals surface area (Å²) in [5.41, 5.74) is 0.177. The van der Waals surface area contributed by atoms with Crippen molar-refractivity contribution in [2.45, 2.75) is 45.1 Å². The molecule has 0 unspecified atom stereocenters. The molecule has 156 valence electrons. The lowest BCUT2D eigenvalue weighted by Crippen LogP contribution is -2.45. The number of benzene rings is 2. The monoisotopic (exact) mass is 417 g/mol. The van der Waals surface area contributed by atoms with Gasteiger partial charge in [-0.3, -0.25) is 0 Å². The summed E-state index contributed by atoms with van der Waals surface area (Å²) in [6.07, 6.45) is -2.57. The third-order valence-corrected chi connectivity index (χ3v) is 6.08. The van der Waals surface area contributed by atoms with Crippen LogP contribution in [-0.2, 0) is 15.5 Å². The van der Waals surface area contributed by atoms with Gasteiger partial charge in [-0.25, -0.2) is 4.39 Å². The first-order valence-corrected chi connectivity index (χ1v) is 9.69. The van der Waals surface area contributed by atoms with Gasteiger partial charge in [0.15, 0.2) is 0 Å². The molecule has 1 fully saturated rings. The minimum Gasteiger partial charge on any atom is -0.420 e. The Morgan fingerprint density at radius 2 is 1.50 bits per heavy atom. The SMILES string of the molecule is CC1(C)OB(c2c(F)ccc3c2NB(c2ccc(C(F)(F)F)cc2)C=C3)OC1(C)C. The molecule has 0 bridgehead atoms. The molecular formula is C21H21B2F4NO2. The maximum atomic E-state index is 14.9. The number of nitrogens with one attached hydrogen (secondary N) is 1. The van der Waals surface area contributed by atoms with Crippen molar-refractivity contribution >= 4 is 36.7 Å². The molecule has 3 nitrogen and oxygen atoms in total. The number of anilines is 1. The Labute approximate surface area is 173 Å². The highest BCUT2D eigenvalue weighted by Gasteiger charge is 2.53. The molecule has 2 aliphatic rings. The predicted molar refractivity (Wildman–Crippen MR) is 112 cm³/mol. The van der Waals surface area contributed by atoms with Gasteiger partial charge in [0.05, 0.1) is 16.8 Å². The molecule has 0 radical (unpaired) electrons. The van der Waals surface area contributed by atoms with Gasteiger partial charge in [0.2, 0.25) is 0 Å². The van der Waals surface area contributed by atoms with Crippen molar-refractivity contribution in [3.63, 3.8) is 0 Å². The molecule has 2 heterocycles. The van der Waals surface area contributed by atoms with Gasteiger partial charge < -0.3 is 14.5 Å². The first-order valence-electron chi connectivity index (χ1n) is 9.69. The van der Waals surface area contributed by atoms with Crippen molar-refractivity contribution in [3.05, 3.63) is 59.3 Å². The molecule has 0 amide bonds. The van der Waals surface area contributed by atoms with Gasteiger partial charge in [-0.2, -0.15) is 13.2 Å². The van der Waals surface area contributed by atoms with E-state index in [-0.39, 0.29) is 5.46 Å². The van der Waals surface area contributed by atoms with Crippen LogP contribution in [0.5, 0.6) is 0 Å². The summed E-state index contributed by atoms with van der Waals surface area (Å²) in [6.45, 7) is 7.14. The summed E-state index contributed by atoms with van der Waals surface area (Å²) in [6, 6.07) is 7.94. The van der Waals surface area contributed by atoms with Crippen LogP contribution < -0.4 is 16.2 Å². The van der Waals surface area contributed by atoms with Gasteiger partial charge in [0, 0.05) is 11.2 Å². The van der Waals surface area contributed by atoms with Crippen LogP contribution in [0.1, 0.15) is 38.8 Å². The fourth-order valence-corrected chi connectivity index (χ4v) is 3.58. The Morgan fingerprint density at radius 3 is 2.07 bits per heavy atom. The molecule has 2 aromatic rings. The summed E-state index contributed by atoms with van der Waals surface area (Å²) >= 11 is 0. The van der Waals surface area contributed by atoms with Crippen LogP contribution in [0.4, 0.5) is 23.2 Å². The van der Waals surface area contributed by atoms with Gasteiger partial charge >= 0.3 is 20.1 Å². The van der Waals surface area contributed by atoms with Crippen molar-refractivity contribution in [3.8, 4) is 0 Å². The largest absolute Gasteiger partial charge is 0.499 e. The van der Waals surface area contributed by atoms with Crippen LogP contribution in [-0.4, -0.2) is 25.2 Å². The fourth-order valence-electron chi connectivity index (χ4n) is 3.58. The Hall–Kier alpha value is -2.25. The third kappa shape index (κ3) is 3.54.